The minimum absolute atomic E-state index is 0.269. The van der Waals surface area contributed by atoms with Crippen LogP contribution in [0.3, 0.4) is 0 Å². The van der Waals surface area contributed by atoms with E-state index in [0.29, 0.717) is 18.5 Å². The molecule has 1 aliphatic carbocycles. The van der Waals surface area contributed by atoms with Crippen LogP contribution >= 0.6 is 11.7 Å². The van der Waals surface area contributed by atoms with E-state index >= 15 is 0 Å². The molecule has 1 saturated carbocycles. The van der Waals surface area contributed by atoms with Crippen LogP contribution in [0.4, 0.5) is 0 Å². The number of ether oxygens (including phenoxy) is 1. The Balaban J connectivity index is 1.60. The van der Waals surface area contributed by atoms with E-state index in [2.05, 4.69) is 14.1 Å². The van der Waals surface area contributed by atoms with Crippen molar-refractivity contribution in [2.24, 2.45) is 0 Å². The van der Waals surface area contributed by atoms with Gasteiger partial charge in [0.1, 0.15) is 18.9 Å². The predicted octanol–water partition coefficient (Wildman–Crippen LogP) is 1.98. The van der Waals surface area contributed by atoms with E-state index in [0.717, 1.165) is 11.7 Å². The van der Waals surface area contributed by atoms with Crippen LogP contribution in [0.1, 0.15) is 44.9 Å². The molecule has 1 heterocycles. The second-order valence-corrected chi connectivity index (χ2v) is 5.72. The topological polar surface area (TPSA) is 67.3 Å². The molecule has 0 bridgehead atoms. The lowest BCUT2D eigenvalue weighted by Gasteiger charge is -2.22. The Morgan fingerprint density at radius 1 is 1.32 bits per heavy atom. The fraction of sp³-hybridized carbons (Fsp3) is 0.846. The molecule has 19 heavy (non-hydrogen) atoms. The lowest BCUT2D eigenvalue weighted by molar-refractivity contribution is 0.100. The highest BCUT2D eigenvalue weighted by Gasteiger charge is 2.13. The minimum atomic E-state index is -0.493. The number of aliphatic hydroxyl groups excluding tert-OH is 1. The van der Waals surface area contributed by atoms with Gasteiger partial charge >= 0.3 is 0 Å². The number of hydrogen-bond donors (Lipinski definition) is 2. The molecule has 0 aromatic carbocycles. The zero-order valence-electron chi connectivity index (χ0n) is 11.3. The molecular formula is C13H23N3O2S. The van der Waals surface area contributed by atoms with Gasteiger partial charge in [-0.05, 0) is 12.8 Å². The van der Waals surface area contributed by atoms with Gasteiger partial charge in [0.25, 0.3) is 0 Å². The van der Waals surface area contributed by atoms with Crippen molar-refractivity contribution < 1.29 is 9.84 Å². The van der Waals surface area contributed by atoms with E-state index in [1.807, 2.05) is 0 Å². The van der Waals surface area contributed by atoms with E-state index < -0.39 is 6.10 Å². The Morgan fingerprint density at radius 3 is 2.74 bits per heavy atom. The molecule has 1 unspecified atom stereocenters. The number of hydrogen-bond acceptors (Lipinski definition) is 6. The zero-order chi connectivity index (χ0) is 13.3. The highest BCUT2D eigenvalue weighted by atomic mass is 32.1. The van der Waals surface area contributed by atoms with Crippen LogP contribution in [-0.4, -0.2) is 39.2 Å². The van der Waals surface area contributed by atoms with Crippen LogP contribution in [0.5, 0.6) is 5.88 Å². The third-order valence-electron chi connectivity index (χ3n) is 3.51. The van der Waals surface area contributed by atoms with E-state index in [9.17, 15) is 5.11 Å². The fourth-order valence-corrected chi connectivity index (χ4v) is 2.79. The second kappa shape index (κ2) is 8.45. The predicted molar refractivity (Wildman–Crippen MR) is 75.5 cm³/mol. The zero-order valence-corrected chi connectivity index (χ0v) is 12.1. The summed E-state index contributed by atoms with van der Waals surface area (Å²) in [5.41, 5.74) is 0. The van der Waals surface area contributed by atoms with Crippen LogP contribution in [0.15, 0.2) is 6.20 Å². The monoisotopic (exact) mass is 285 g/mol. The van der Waals surface area contributed by atoms with Crippen LogP contribution < -0.4 is 10.1 Å². The summed E-state index contributed by atoms with van der Waals surface area (Å²) in [6, 6.07) is 0.552. The van der Waals surface area contributed by atoms with Crippen LogP contribution in [0.25, 0.3) is 0 Å². The summed E-state index contributed by atoms with van der Waals surface area (Å²) in [6.45, 7) is 0.855. The van der Waals surface area contributed by atoms with Crippen molar-refractivity contribution in [2.75, 3.05) is 13.2 Å². The molecule has 0 spiro atoms. The maximum absolute atomic E-state index is 9.87. The lowest BCUT2D eigenvalue weighted by atomic mass is 9.97. The van der Waals surface area contributed by atoms with Crippen LogP contribution in [-0.2, 0) is 0 Å². The summed E-state index contributed by atoms with van der Waals surface area (Å²) >= 11 is 1.11. The van der Waals surface area contributed by atoms with Crippen molar-refractivity contribution >= 4 is 11.7 Å². The SMILES string of the molecule is OC(CNC1CCCCCCC1)COc1cnsn1. The molecule has 6 heteroatoms. The van der Waals surface area contributed by atoms with Gasteiger partial charge in [-0.1, -0.05) is 32.1 Å². The molecule has 2 N–H and O–H groups in total. The minimum Gasteiger partial charge on any atom is -0.473 e. The van der Waals surface area contributed by atoms with Crippen molar-refractivity contribution in [3.8, 4) is 5.88 Å². The molecule has 2 rings (SSSR count). The van der Waals surface area contributed by atoms with Crippen molar-refractivity contribution in [1.82, 2.24) is 14.1 Å². The van der Waals surface area contributed by atoms with Crippen LogP contribution in [0.2, 0.25) is 0 Å². The van der Waals surface area contributed by atoms with Gasteiger partial charge in [-0.3, -0.25) is 0 Å². The molecule has 0 aliphatic heterocycles. The Morgan fingerprint density at radius 2 is 2.05 bits per heavy atom. The van der Waals surface area contributed by atoms with Gasteiger partial charge in [0.15, 0.2) is 0 Å². The van der Waals surface area contributed by atoms with Gasteiger partial charge in [-0.25, -0.2) is 0 Å². The van der Waals surface area contributed by atoms with E-state index in [1.54, 1.807) is 6.20 Å². The second-order valence-electron chi connectivity index (χ2n) is 5.16. The van der Waals surface area contributed by atoms with E-state index in [1.165, 1.54) is 44.9 Å². The molecule has 1 aromatic heterocycles. The van der Waals surface area contributed by atoms with Gasteiger partial charge in [-0.15, -0.1) is 4.37 Å². The number of aromatic nitrogens is 2. The first-order valence-electron chi connectivity index (χ1n) is 7.16. The molecule has 0 radical (unpaired) electrons. The average molecular weight is 285 g/mol. The molecular weight excluding hydrogens is 262 g/mol. The smallest absolute Gasteiger partial charge is 0.245 e. The first kappa shape index (κ1) is 14.7. The molecule has 5 nitrogen and oxygen atoms in total. The summed E-state index contributed by atoms with van der Waals surface area (Å²) in [7, 11) is 0. The Labute approximate surface area is 118 Å². The van der Waals surface area contributed by atoms with Crippen LogP contribution in [0, 0.1) is 0 Å². The van der Waals surface area contributed by atoms with E-state index in [-0.39, 0.29) is 6.61 Å². The average Bonchev–Trinajstić information content (AvgIpc) is 2.88. The summed E-state index contributed by atoms with van der Waals surface area (Å²) in [6.07, 6.45) is 10.2. The van der Waals surface area contributed by atoms with E-state index in [4.69, 9.17) is 4.74 Å². The van der Waals surface area contributed by atoms with Crippen molar-refractivity contribution in [3.63, 3.8) is 0 Å². The third kappa shape index (κ3) is 5.84. The maximum Gasteiger partial charge on any atom is 0.245 e. The first-order valence-corrected chi connectivity index (χ1v) is 7.89. The molecule has 0 amide bonds. The van der Waals surface area contributed by atoms with Gasteiger partial charge in [-0.2, -0.15) is 4.37 Å². The third-order valence-corrected chi connectivity index (χ3v) is 3.97. The number of nitrogens with one attached hydrogen (secondary N) is 1. The Bertz CT molecular complexity index is 327. The van der Waals surface area contributed by atoms with Gasteiger partial charge in [0.05, 0.1) is 11.7 Å². The number of nitrogens with zero attached hydrogens (tertiary/aromatic N) is 2. The number of rotatable bonds is 6. The highest BCUT2D eigenvalue weighted by Crippen LogP contribution is 2.17. The molecule has 108 valence electrons. The Hall–Kier alpha value is -0.720. The van der Waals surface area contributed by atoms with Gasteiger partial charge in [0, 0.05) is 12.6 Å². The van der Waals surface area contributed by atoms with Crippen molar-refractivity contribution in [2.45, 2.75) is 57.1 Å². The first-order chi connectivity index (χ1) is 9.34. The van der Waals surface area contributed by atoms with Gasteiger partial charge < -0.3 is 15.2 Å². The highest BCUT2D eigenvalue weighted by molar-refractivity contribution is 6.99. The molecule has 0 saturated heterocycles. The number of aliphatic hydroxyl groups is 1. The quantitative estimate of drug-likeness (QED) is 0.836. The lowest BCUT2D eigenvalue weighted by Crippen LogP contribution is -2.38. The van der Waals surface area contributed by atoms with Crippen molar-refractivity contribution in [1.29, 1.82) is 0 Å². The summed E-state index contributed by atoms with van der Waals surface area (Å²) in [5, 5.41) is 13.3. The Kier molecular flexibility index (Phi) is 6.53. The molecule has 1 aliphatic rings. The molecule has 1 atom stereocenters. The fourth-order valence-electron chi connectivity index (χ4n) is 2.42. The summed E-state index contributed by atoms with van der Waals surface area (Å²) in [5.74, 6) is 0.495. The van der Waals surface area contributed by atoms with Gasteiger partial charge in [0.2, 0.25) is 5.88 Å². The molecule has 1 fully saturated rings. The molecule has 1 aromatic rings. The normalized spacial score (nSPS) is 19.6. The largest absolute Gasteiger partial charge is 0.473 e. The van der Waals surface area contributed by atoms with Crippen molar-refractivity contribution in [3.05, 3.63) is 6.20 Å². The maximum atomic E-state index is 9.87. The summed E-state index contributed by atoms with van der Waals surface area (Å²) in [4.78, 5) is 0. The summed E-state index contributed by atoms with van der Waals surface area (Å²) < 4.78 is 13.1. The standard InChI is InChI=1S/C13H23N3O2S/c17-12(10-18-13-9-15-19-16-13)8-14-11-6-4-2-1-3-5-7-11/h9,11-12,14,17H,1-8,10H2.